The van der Waals surface area contributed by atoms with Gasteiger partial charge in [-0.25, -0.2) is 0 Å². The van der Waals surface area contributed by atoms with Gasteiger partial charge in [0.25, 0.3) is 5.72 Å². The maximum Gasteiger partial charge on any atom is 0.438 e. The highest BCUT2D eigenvalue weighted by Crippen LogP contribution is 2.40. The van der Waals surface area contributed by atoms with E-state index in [-0.39, 0.29) is 16.5 Å². The van der Waals surface area contributed by atoms with Crippen LogP contribution >= 0.6 is 0 Å². The lowest BCUT2D eigenvalue weighted by molar-refractivity contribution is -0.297. The molecule has 0 bridgehead atoms. The molecule has 1 aliphatic heterocycles. The number of aryl methyl sites for hydroxylation is 1. The van der Waals surface area contributed by atoms with E-state index in [1.165, 1.54) is 19.1 Å². The minimum absolute atomic E-state index is 0.0106. The predicted octanol–water partition coefficient (Wildman–Crippen LogP) is 2.06. The summed E-state index contributed by atoms with van der Waals surface area (Å²) in [6, 6.07) is 2.67. The topological polar surface area (TPSA) is 66.0 Å². The first-order valence-electron chi connectivity index (χ1n) is 5.39. The lowest BCUT2D eigenvalue weighted by Gasteiger charge is -2.32. The molecular weight excluding hydrogens is 265 g/mol. The van der Waals surface area contributed by atoms with Crippen LogP contribution in [0.5, 0.6) is 0 Å². The molecule has 8 heteroatoms. The quantitative estimate of drug-likeness (QED) is 0.853. The van der Waals surface area contributed by atoms with Crippen LogP contribution in [0.3, 0.4) is 0 Å². The van der Waals surface area contributed by atoms with Crippen molar-refractivity contribution in [2.45, 2.75) is 32.2 Å². The first kappa shape index (κ1) is 13.6. The molecule has 2 rings (SSSR count). The molecule has 1 atom stereocenters. The number of aliphatic hydroxyl groups is 1. The first-order chi connectivity index (χ1) is 8.65. The summed E-state index contributed by atoms with van der Waals surface area (Å²) >= 11 is 0. The van der Waals surface area contributed by atoms with E-state index >= 15 is 0 Å². The Kier molecular flexibility index (Phi) is 2.93. The summed E-state index contributed by atoms with van der Waals surface area (Å²) in [4.78, 5) is 11.9. The van der Waals surface area contributed by atoms with E-state index in [1.54, 1.807) is 6.92 Å². The van der Waals surface area contributed by atoms with Gasteiger partial charge in [-0.3, -0.25) is 4.79 Å². The molecule has 104 valence electrons. The van der Waals surface area contributed by atoms with E-state index in [0.717, 1.165) is 0 Å². The molecule has 1 N–H and O–H groups in total. The summed E-state index contributed by atoms with van der Waals surface area (Å²) in [7, 11) is 0. The van der Waals surface area contributed by atoms with Crippen LogP contribution in [0.1, 0.15) is 29.7 Å². The molecule has 0 saturated heterocycles. The zero-order valence-corrected chi connectivity index (χ0v) is 10.2. The van der Waals surface area contributed by atoms with Crippen molar-refractivity contribution in [1.82, 2.24) is 5.01 Å². The third kappa shape index (κ3) is 2.12. The molecule has 0 fully saturated rings. The average molecular weight is 276 g/mol. The van der Waals surface area contributed by atoms with E-state index in [0.29, 0.717) is 5.76 Å². The highest BCUT2D eigenvalue weighted by atomic mass is 19.4. The molecular formula is C11H11F3N2O3. The highest BCUT2D eigenvalue weighted by Gasteiger charge is 2.63. The van der Waals surface area contributed by atoms with E-state index in [9.17, 15) is 23.1 Å². The number of halogens is 3. The molecule has 2 heterocycles. The van der Waals surface area contributed by atoms with Crippen molar-refractivity contribution in [2.24, 2.45) is 5.10 Å². The van der Waals surface area contributed by atoms with E-state index in [2.05, 4.69) is 5.10 Å². The second kappa shape index (κ2) is 4.09. The van der Waals surface area contributed by atoms with Gasteiger partial charge >= 0.3 is 12.1 Å². The fourth-order valence-corrected chi connectivity index (χ4v) is 1.81. The van der Waals surface area contributed by atoms with Gasteiger partial charge in [0.1, 0.15) is 5.76 Å². The number of amides is 1. The second-order valence-corrected chi connectivity index (χ2v) is 4.35. The number of alkyl halides is 3. The number of carbonyl (C=O) groups excluding carboxylic acids is 1. The van der Waals surface area contributed by atoms with Crippen LogP contribution in [0.2, 0.25) is 0 Å². The maximum absolute atomic E-state index is 12.9. The van der Waals surface area contributed by atoms with Gasteiger partial charge in [-0.15, -0.1) is 0 Å². The Hall–Kier alpha value is -1.83. The number of hydrogen-bond donors (Lipinski definition) is 1. The fourth-order valence-electron chi connectivity index (χ4n) is 1.81. The van der Waals surface area contributed by atoms with E-state index in [4.69, 9.17) is 4.42 Å². The summed E-state index contributed by atoms with van der Waals surface area (Å²) in [5.41, 5.74) is -3.31. The minimum Gasteiger partial charge on any atom is -0.456 e. The Labute approximate surface area is 106 Å². The van der Waals surface area contributed by atoms with Crippen LogP contribution in [0.15, 0.2) is 21.7 Å². The maximum atomic E-state index is 12.9. The Balaban J connectivity index is 2.39. The fraction of sp³-hybridized carbons (Fsp3) is 0.455. The zero-order valence-electron chi connectivity index (χ0n) is 10.2. The van der Waals surface area contributed by atoms with Crippen LogP contribution in [0.4, 0.5) is 13.2 Å². The number of carbonyl (C=O) groups is 1. The Morgan fingerprint density at radius 3 is 2.58 bits per heavy atom. The lowest BCUT2D eigenvalue weighted by Crippen LogP contribution is -2.56. The Bertz CT molecular complexity index is 550. The molecule has 1 aromatic heterocycles. The Morgan fingerprint density at radius 2 is 2.11 bits per heavy atom. The van der Waals surface area contributed by atoms with E-state index in [1.807, 2.05) is 0 Å². The van der Waals surface area contributed by atoms with E-state index < -0.39 is 24.2 Å². The zero-order chi connectivity index (χ0) is 14.4. The number of rotatable bonds is 1. The number of nitrogens with zero attached hydrogens (tertiary/aromatic N) is 2. The SMILES string of the molecule is CC1=NN(C(=O)c2ccc(C)o2)[C@](O)(C(F)(F)F)C1. The largest absolute Gasteiger partial charge is 0.456 e. The van der Waals surface area contributed by atoms with Gasteiger partial charge < -0.3 is 9.52 Å². The van der Waals surface area contributed by atoms with Crippen molar-refractivity contribution in [2.75, 3.05) is 0 Å². The van der Waals surface area contributed by atoms with Gasteiger partial charge in [0.15, 0.2) is 5.76 Å². The van der Waals surface area contributed by atoms with Gasteiger partial charge in [0, 0.05) is 12.1 Å². The normalized spacial score (nSPS) is 23.7. The lowest BCUT2D eigenvalue weighted by atomic mass is 10.1. The molecule has 1 aliphatic rings. The molecule has 0 spiro atoms. The standard InChI is InChI=1S/C11H11F3N2O3/c1-6-5-10(18,11(12,13)14)16(15-6)9(17)8-4-3-7(2)19-8/h3-4,18H,5H2,1-2H3/t10-/m1/s1. The average Bonchev–Trinajstić information content (AvgIpc) is 2.81. The third-order valence-corrected chi connectivity index (χ3v) is 2.72. The summed E-state index contributed by atoms with van der Waals surface area (Å²) in [5, 5.41) is 13.2. The molecule has 0 unspecified atom stereocenters. The van der Waals surface area contributed by atoms with Crippen molar-refractivity contribution in [3.63, 3.8) is 0 Å². The highest BCUT2D eigenvalue weighted by molar-refractivity contribution is 5.96. The van der Waals surface area contributed by atoms with Crippen molar-refractivity contribution in [1.29, 1.82) is 0 Å². The van der Waals surface area contributed by atoms with Crippen LogP contribution in [-0.2, 0) is 0 Å². The van der Waals surface area contributed by atoms with Gasteiger partial charge in [0.2, 0.25) is 0 Å². The molecule has 0 radical (unpaired) electrons. The summed E-state index contributed by atoms with van der Waals surface area (Å²) < 4.78 is 43.7. The molecule has 0 saturated carbocycles. The smallest absolute Gasteiger partial charge is 0.438 e. The van der Waals surface area contributed by atoms with Crippen LogP contribution in [0, 0.1) is 6.92 Å². The van der Waals surface area contributed by atoms with Crippen LogP contribution < -0.4 is 0 Å². The van der Waals surface area contributed by atoms with Crippen molar-refractivity contribution >= 4 is 11.6 Å². The molecule has 5 nitrogen and oxygen atoms in total. The van der Waals surface area contributed by atoms with Crippen LogP contribution in [-0.4, -0.2) is 33.6 Å². The monoisotopic (exact) mass is 276 g/mol. The van der Waals surface area contributed by atoms with Crippen molar-refractivity contribution in [3.8, 4) is 0 Å². The van der Waals surface area contributed by atoms with Gasteiger partial charge in [-0.1, -0.05) is 0 Å². The number of hydrazone groups is 1. The van der Waals surface area contributed by atoms with Crippen LogP contribution in [0.25, 0.3) is 0 Å². The molecule has 19 heavy (non-hydrogen) atoms. The van der Waals surface area contributed by atoms with Gasteiger partial charge in [0.05, 0.1) is 0 Å². The molecule has 1 amide bonds. The molecule has 1 aromatic rings. The molecule has 0 aliphatic carbocycles. The third-order valence-electron chi connectivity index (χ3n) is 2.72. The summed E-state index contributed by atoms with van der Waals surface area (Å²) in [5.74, 6) is -1.07. The Morgan fingerprint density at radius 1 is 1.47 bits per heavy atom. The van der Waals surface area contributed by atoms with Gasteiger partial charge in [-0.05, 0) is 26.0 Å². The van der Waals surface area contributed by atoms with Gasteiger partial charge in [-0.2, -0.15) is 23.3 Å². The minimum atomic E-state index is -5.01. The number of furan rings is 1. The summed E-state index contributed by atoms with van der Waals surface area (Å²) in [6.45, 7) is 2.85. The molecule has 0 aromatic carbocycles. The first-order valence-corrected chi connectivity index (χ1v) is 5.39. The second-order valence-electron chi connectivity index (χ2n) is 4.35. The van der Waals surface area contributed by atoms with Crippen molar-refractivity contribution < 1.29 is 27.5 Å². The predicted molar refractivity (Wildman–Crippen MR) is 58.3 cm³/mol. The van der Waals surface area contributed by atoms with Crippen molar-refractivity contribution in [3.05, 3.63) is 23.7 Å². The summed E-state index contributed by atoms with van der Waals surface area (Å²) in [6.07, 6.45) is -5.78. The number of hydrogen-bond acceptors (Lipinski definition) is 4.